The van der Waals surface area contributed by atoms with Gasteiger partial charge in [0.15, 0.2) is 5.44 Å². The Bertz CT molecular complexity index is 341. The summed E-state index contributed by atoms with van der Waals surface area (Å²) >= 11 is 0. The van der Waals surface area contributed by atoms with Crippen LogP contribution < -0.4 is 0 Å². The van der Waals surface area contributed by atoms with Crippen LogP contribution in [0.1, 0.15) is 110 Å². The maximum atomic E-state index is 10.6. The van der Waals surface area contributed by atoms with Gasteiger partial charge in [-0.15, -0.1) is 0 Å². The van der Waals surface area contributed by atoms with Gasteiger partial charge in [0.05, 0.1) is 0 Å². The highest BCUT2D eigenvalue weighted by Gasteiger charge is 2.18. The van der Waals surface area contributed by atoms with Crippen molar-refractivity contribution in [3.05, 3.63) is 0 Å². The average Bonchev–Trinajstić information content (AvgIpc) is 2.50. The number of rotatable bonds is 17. The van der Waals surface area contributed by atoms with Crippen LogP contribution in [0.2, 0.25) is 0 Å². The monoisotopic (exact) mass is 350 g/mol. The van der Waals surface area contributed by atoms with E-state index < -0.39 is 15.6 Å². The Hall–Kier alpha value is -0.130. The largest absolute Gasteiger partial charge is 0.375 e. The molecule has 0 heterocycles. The SMILES string of the molecule is CCCCCCCCCCCCCCCCC[C@H](O)S(=O)(=O)O. The van der Waals surface area contributed by atoms with Crippen LogP contribution in [0.5, 0.6) is 0 Å². The molecule has 4 nitrogen and oxygen atoms in total. The fraction of sp³-hybridized carbons (Fsp3) is 1.00. The molecular weight excluding hydrogens is 312 g/mol. The molecule has 0 unspecified atom stereocenters. The van der Waals surface area contributed by atoms with Gasteiger partial charge >= 0.3 is 0 Å². The molecule has 0 saturated heterocycles. The molecule has 0 aliphatic heterocycles. The minimum Gasteiger partial charge on any atom is -0.375 e. The van der Waals surface area contributed by atoms with Gasteiger partial charge in [-0.05, 0) is 12.8 Å². The zero-order valence-corrected chi connectivity index (χ0v) is 15.8. The van der Waals surface area contributed by atoms with E-state index in [0.29, 0.717) is 6.42 Å². The zero-order chi connectivity index (χ0) is 17.4. The second kappa shape index (κ2) is 15.4. The van der Waals surface area contributed by atoms with Crippen LogP contribution >= 0.6 is 0 Å². The van der Waals surface area contributed by atoms with Gasteiger partial charge in [-0.2, -0.15) is 8.42 Å². The Morgan fingerprint density at radius 2 is 0.957 bits per heavy atom. The molecule has 23 heavy (non-hydrogen) atoms. The van der Waals surface area contributed by atoms with Gasteiger partial charge in [0.25, 0.3) is 10.1 Å². The van der Waals surface area contributed by atoms with Crippen molar-refractivity contribution in [2.75, 3.05) is 0 Å². The van der Waals surface area contributed by atoms with E-state index in [1.165, 1.54) is 77.0 Å². The molecule has 0 amide bonds. The van der Waals surface area contributed by atoms with Crippen LogP contribution in [0, 0.1) is 0 Å². The molecule has 0 aliphatic rings. The molecule has 0 aliphatic carbocycles. The van der Waals surface area contributed by atoms with Crippen molar-refractivity contribution < 1.29 is 18.1 Å². The predicted octanol–water partition coefficient (Wildman–Crippen LogP) is 5.45. The fourth-order valence-electron chi connectivity index (χ4n) is 2.84. The van der Waals surface area contributed by atoms with Crippen molar-refractivity contribution >= 4 is 10.1 Å². The van der Waals surface area contributed by atoms with Crippen LogP contribution in [0.25, 0.3) is 0 Å². The Morgan fingerprint density at radius 1 is 0.652 bits per heavy atom. The lowest BCUT2D eigenvalue weighted by atomic mass is 10.0. The van der Waals surface area contributed by atoms with E-state index in [1.807, 2.05) is 0 Å². The second-order valence-corrected chi connectivity index (χ2v) is 8.28. The van der Waals surface area contributed by atoms with Crippen LogP contribution in [0.4, 0.5) is 0 Å². The van der Waals surface area contributed by atoms with E-state index in [1.54, 1.807) is 0 Å². The maximum Gasteiger partial charge on any atom is 0.291 e. The maximum absolute atomic E-state index is 10.6. The lowest BCUT2D eigenvalue weighted by Crippen LogP contribution is -2.19. The summed E-state index contributed by atoms with van der Waals surface area (Å²) in [5.41, 5.74) is -1.61. The first-order chi connectivity index (χ1) is 11.0. The molecule has 0 saturated carbocycles. The molecule has 0 aromatic rings. The third-order valence-corrected chi connectivity index (χ3v) is 5.32. The summed E-state index contributed by atoms with van der Waals surface area (Å²) in [5, 5.41) is 9.15. The van der Waals surface area contributed by atoms with Gasteiger partial charge in [-0.3, -0.25) is 4.55 Å². The summed E-state index contributed by atoms with van der Waals surface area (Å²) in [4.78, 5) is 0. The molecule has 0 fully saturated rings. The van der Waals surface area contributed by atoms with E-state index >= 15 is 0 Å². The highest BCUT2D eigenvalue weighted by molar-refractivity contribution is 7.86. The minimum absolute atomic E-state index is 0.136. The molecular formula is C18H38O4S. The van der Waals surface area contributed by atoms with E-state index in [2.05, 4.69) is 6.92 Å². The van der Waals surface area contributed by atoms with Crippen molar-refractivity contribution in [3.8, 4) is 0 Å². The molecule has 0 rings (SSSR count). The van der Waals surface area contributed by atoms with Gasteiger partial charge in [0.2, 0.25) is 0 Å². The van der Waals surface area contributed by atoms with E-state index in [4.69, 9.17) is 9.66 Å². The standard InChI is InChI=1S/C18H38O4S/c1-2-3-4-5-6-7-8-9-10-11-12-13-14-15-16-17-18(19)23(20,21)22/h18-19H,2-17H2,1H3,(H,20,21,22)/t18-/m1/s1. The van der Waals surface area contributed by atoms with Crippen molar-refractivity contribution in [2.24, 2.45) is 0 Å². The van der Waals surface area contributed by atoms with E-state index in [9.17, 15) is 8.42 Å². The van der Waals surface area contributed by atoms with Gasteiger partial charge in [0, 0.05) is 0 Å². The molecule has 2 N–H and O–H groups in total. The lowest BCUT2D eigenvalue weighted by molar-refractivity contribution is 0.219. The zero-order valence-electron chi connectivity index (χ0n) is 15.0. The normalized spacial score (nSPS) is 13.3. The summed E-state index contributed by atoms with van der Waals surface area (Å²) in [6.45, 7) is 2.25. The van der Waals surface area contributed by atoms with Crippen LogP contribution in [0.15, 0.2) is 0 Å². The first-order valence-corrected chi connectivity index (χ1v) is 11.1. The van der Waals surface area contributed by atoms with Crippen molar-refractivity contribution in [3.63, 3.8) is 0 Å². The highest BCUT2D eigenvalue weighted by Crippen LogP contribution is 2.14. The molecule has 140 valence electrons. The summed E-state index contributed by atoms with van der Waals surface area (Å²) in [6, 6.07) is 0. The van der Waals surface area contributed by atoms with Gasteiger partial charge in [-0.25, -0.2) is 0 Å². The Morgan fingerprint density at radius 3 is 1.26 bits per heavy atom. The molecule has 0 aromatic heterocycles. The second-order valence-electron chi connectivity index (χ2n) is 6.71. The van der Waals surface area contributed by atoms with Crippen molar-refractivity contribution in [1.29, 1.82) is 0 Å². The van der Waals surface area contributed by atoms with Crippen LogP contribution in [-0.2, 0) is 10.1 Å². The summed E-state index contributed by atoms with van der Waals surface area (Å²) in [6.07, 6.45) is 18.9. The van der Waals surface area contributed by atoms with Crippen LogP contribution in [0.3, 0.4) is 0 Å². The molecule has 1 atom stereocenters. The van der Waals surface area contributed by atoms with E-state index in [-0.39, 0.29) is 6.42 Å². The number of hydrogen-bond donors (Lipinski definition) is 2. The highest BCUT2D eigenvalue weighted by atomic mass is 32.2. The molecule has 0 aromatic carbocycles. The lowest BCUT2D eigenvalue weighted by Gasteiger charge is -2.06. The third-order valence-electron chi connectivity index (χ3n) is 4.40. The first kappa shape index (κ1) is 22.9. The van der Waals surface area contributed by atoms with Gasteiger partial charge in [-0.1, -0.05) is 96.8 Å². The van der Waals surface area contributed by atoms with E-state index in [0.717, 1.165) is 12.8 Å². The van der Waals surface area contributed by atoms with Gasteiger partial charge < -0.3 is 5.11 Å². The minimum atomic E-state index is -4.27. The topological polar surface area (TPSA) is 74.6 Å². The van der Waals surface area contributed by atoms with Gasteiger partial charge in [0.1, 0.15) is 0 Å². The third kappa shape index (κ3) is 16.5. The molecule has 0 radical (unpaired) electrons. The van der Waals surface area contributed by atoms with Crippen LogP contribution in [-0.4, -0.2) is 23.5 Å². The number of unbranched alkanes of at least 4 members (excludes halogenated alkanes) is 14. The molecule has 0 spiro atoms. The number of aliphatic hydroxyl groups excluding tert-OH is 1. The summed E-state index contributed by atoms with van der Waals surface area (Å²) in [7, 11) is -4.27. The Kier molecular flexibility index (Phi) is 15.3. The van der Waals surface area contributed by atoms with Crippen molar-refractivity contribution in [1.82, 2.24) is 0 Å². The average molecular weight is 351 g/mol. The number of hydrogen-bond acceptors (Lipinski definition) is 3. The summed E-state index contributed by atoms with van der Waals surface area (Å²) in [5.74, 6) is 0. The smallest absolute Gasteiger partial charge is 0.291 e. The fourth-order valence-corrected chi connectivity index (χ4v) is 3.30. The Balaban J connectivity index is 3.14. The van der Waals surface area contributed by atoms with Crippen molar-refractivity contribution in [2.45, 2.75) is 115 Å². The summed E-state index contributed by atoms with van der Waals surface area (Å²) < 4.78 is 29.9. The quantitative estimate of drug-likeness (QED) is 0.270. The molecule has 0 bridgehead atoms. The number of aliphatic hydroxyl groups is 1. The first-order valence-electron chi connectivity index (χ1n) is 9.63. The molecule has 5 heteroatoms. The predicted molar refractivity (Wildman–Crippen MR) is 97.1 cm³/mol. The Labute approximate surface area is 143 Å².